The van der Waals surface area contributed by atoms with Gasteiger partial charge in [0.15, 0.2) is 11.5 Å². The SMILES string of the molecule is COc1cc(C(=O)NCC(O)(CN2CCNCC2=O)c2ccc(OC)c(-c3ccc(F)c(Cl)c3)n2)ccc1OCCO. The molecule has 1 atom stereocenters. The molecule has 1 unspecified atom stereocenters. The maximum Gasteiger partial charge on any atom is 0.251 e. The summed E-state index contributed by atoms with van der Waals surface area (Å²) in [5.74, 6) is -0.345. The second-order valence-electron chi connectivity index (χ2n) is 9.52. The molecular formula is C29H32ClFN4O7. The van der Waals surface area contributed by atoms with Crippen LogP contribution in [0, 0.1) is 5.82 Å². The summed E-state index contributed by atoms with van der Waals surface area (Å²) in [4.78, 5) is 32.0. The molecule has 2 heterocycles. The number of amides is 2. The lowest BCUT2D eigenvalue weighted by Gasteiger charge is -2.36. The van der Waals surface area contributed by atoms with Crippen molar-refractivity contribution in [3.8, 4) is 28.5 Å². The topological polar surface area (TPSA) is 142 Å². The van der Waals surface area contributed by atoms with Crippen LogP contribution in [0.15, 0.2) is 48.5 Å². The van der Waals surface area contributed by atoms with E-state index in [0.29, 0.717) is 30.2 Å². The van der Waals surface area contributed by atoms with Gasteiger partial charge in [-0.1, -0.05) is 11.6 Å². The van der Waals surface area contributed by atoms with Gasteiger partial charge in [-0.15, -0.1) is 0 Å². The van der Waals surface area contributed by atoms with Crippen molar-refractivity contribution in [1.29, 1.82) is 0 Å². The minimum absolute atomic E-state index is 0.0562. The molecular weight excluding hydrogens is 571 g/mol. The molecule has 0 spiro atoms. The van der Waals surface area contributed by atoms with Gasteiger partial charge in [0.25, 0.3) is 5.91 Å². The molecule has 3 aromatic rings. The standard InChI is InChI=1S/C29H32ClFN4O7/c1-40-23-7-8-25(34-27(23)18-3-5-21(31)20(30)13-18)29(39,17-35-10-9-32-15-26(35)37)16-33-28(38)19-4-6-22(42-12-11-36)24(14-19)41-2/h3-8,13-14,32,36,39H,9-12,15-17H2,1-2H3,(H,33,38). The molecule has 1 saturated heterocycles. The lowest BCUT2D eigenvalue weighted by molar-refractivity contribution is -0.136. The normalized spacial score (nSPS) is 14.7. The average molecular weight is 603 g/mol. The van der Waals surface area contributed by atoms with E-state index in [4.69, 9.17) is 30.9 Å². The van der Waals surface area contributed by atoms with Gasteiger partial charge in [-0.25, -0.2) is 9.37 Å². The molecule has 0 radical (unpaired) electrons. The van der Waals surface area contributed by atoms with Gasteiger partial charge < -0.3 is 40.0 Å². The summed E-state index contributed by atoms with van der Waals surface area (Å²) in [6.07, 6.45) is 0. The van der Waals surface area contributed by atoms with E-state index in [0.717, 1.165) is 0 Å². The number of aliphatic hydroxyl groups excluding tert-OH is 1. The number of pyridine rings is 1. The van der Waals surface area contributed by atoms with Crippen molar-refractivity contribution in [2.24, 2.45) is 0 Å². The van der Waals surface area contributed by atoms with Crippen molar-refractivity contribution in [3.05, 3.63) is 70.6 Å². The number of nitrogens with one attached hydrogen (secondary N) is 2. The molecule has 1 aliphatic heterocycles. The number of nitrogens with zero attached hydrogens (tertiary/aromatic N) is 2. The van der Waals surface area contributed by atoms with Crippen LogP contribution in [0.1, 0.15) is 16.1 Å². The zero-order chi connectivity index (χ0) is 30.3. The summed E-state index contributed by atoms with van der Waals surface area (Å²) in [5.41, 5.74) is -0.720. The van der Waals surface area contributed by atoms with Crippen LogP contribution in [0.25, 0.3) is 11.3 Å². The van der Waals surface area contributed by atoms with Gasteiger partial charge in [0.05, 0.1) is 51.2 Å². The van der Waals surface area contributed by atoms with Crippen molar-refractivity contribution in [3.63, 3.8) is 0 Å². The fraction of sp³-hybridized carbons (Fsp3) is 0.345. The Morgan fingerprint density at radius 1 is 1.14 bits per heavy atom. The number of hydrogen-bond acceptors (Lipinski definition) is 9. The molecule has 2 aromatic carbocycles. The summed E-state index contributed by atoms with van der Waals surface area (Å²) in [6, 6.07) is 11.8. The maximum absolute atomic E-state index is 13.9. The lowest BCUT2D eigenvalue weighted by Crippen LogP contribution is -2.55. The number of piperazine rings is 1. The first-order valence-corrected chi connectivity index (χ1v) is 13.5. The Morgan fingerprint density at radius 2 is 1.90 bits per heavy atom. The molecule has 42 heavy (non-hydrogen) atoms. The molecule has 0 aliphatic carbocycles. The van der Waals surface area contributed by atoms with Gasteiger partial charge in [-0.2, -0.15) is 0 Å². The molecule has 0 bridgehead atoms. The predicted octanol–water partition coefficient (Wildman–Crippen LogP) is 1.98. The first-order chi connectivity index (χ1) is 20.2. The quantitative estimate of drug-likeness (QED) is 0.245. The van der Waals surface area contributed by atoms with Gasteiger partial charge in [-0.05, 0) is 48.5 Å². The van der Waals surface area contributed by atoms with Crippen molar-refractivity contribution >= 4 is 23.4 Å². The lowest BCUT2D eigenvalue weighted by atomic mass is 9.96. The number of β-amino-alcohol motifs (C(OH)–C–C–N with tert-alkyl or cyclic N) is 1. The van der Waals surface area contributed by atoms with Gasteiger partial charge in [0.1, 0.15) is 29.5 Å². The van der Waals surface area contributed by atoms with E-state index in [1.807, 2.05) is 0 Å². The van der Waals surface area contributed by atoms with Crippen LogP contribution in [-0.2, 0) is 10.4 Å². The number of ether oxygens (including phenoxy) is 3. The number of rotatable bonds is 12. The Kier molecular flexibility index (Phi) is 10.2. The van der Waals surface area contributed by atoms with E-state index in [1.54, 1.807) is 18.2 Å². The maximum atomic E-state index is 13.9. The van der Waals surface area contributed by atoms with E-state index in [9.17, 15) is 19.1 Å². The highest BCUT2D eigenvalue weighted by Crippen LogP contribution is 2.34. The zero-order valence-corrected chi connectivity index (χ0v) is 23.9. The molecule has 224 valence electrons. The molecule has 4 rings (SSSR count). The van der Waals surface area contributed by atoms with Crippen molar-refractivity contribution < 1.29 is 38.4 Å². The summed E-state index contributed by atoms with van der Waals surface area (Å²) in [6.45, 7) is 0.398. The van der Waals surface area contributed by atoms with Crippen LogP contribution in [0.3, 0.4) is 0 Å². The molecule has 13 heteroatoms. The van der Waals surface area contributed by atoms with Crippen molar-refractivity contribution in [1.82, 2.24) is 20.5 Å². The van der Waals surface area contributed by atoms with Crippen LogP contribution >= 0.6 is 11.6 Å². The third-order valence-electron chi connectivity index (χ3n) is 6.70. The Balaban J connectivity index is 1.67. The first kappa shape index (κ1) is 31.0. The van der Waals surface area contributed by atoms with Crippen LogP contribution in [-0.4, -0.2) is 92.1 Å². The van der Waals surface area contributed by atoms with Crippen LogP contribution in [0.4, 0.5) is 4.39 Å². The number of aliphatic hydroxyl groups is 2. The molecule has 4 N–H and O–H groups in total. The second-order valence-corrected chi connectivity index (χ2v) is 9.93. The predicted molar refractivity (Wildman–Crippen MR) is 152 cm³/mol. The summed E-state index contributed by atoms with van der Waals surface area (Å²) >= 11 is 6.01. The minimum atomic E-state index is -1.83. The number of halogens is 2. The number of carbonyl (C=O) groups is 2. The fourth-order valence-corrected chi connectivity index (χ4v) is 4.67. The van der Waals surface area contributed by atoms with Crippen molar-refractivity contribution in [2.45, 2.75) is 5.60 Å². The highest BCUT2D eigenvalue weighted by molar-refractivity contribution is 6.31. The highest BCUT2D eigenvalue weighted by atomic mass is 35.5. The zero-order valence-electron chi connectivity index (χ0n) is 23.2. The Morgan fingerprint density at radius 3 is 2.60 bits per heavy atom. The van der Waals surface area contributed by atoms with E-state index in [-0.39, 0.29) is 66.5 Å². The smallest absolute Gasteiger partial charge is 0.251 e. The molecule has 2 amide bonds. The molecule has 1 aliphatic rings. The van der Waals surface area contributed by atoms with Gasteiger partial charge in [-0.3, -0.25) is 9.59 Å². The van der Waals surface area contributed by atoms with E-state index in [1.165, 1.54) is 49.5 Å². The van der Waals surface area contributed by atoms with Crippen LogP contribution in [0.5, 0.6) is 17.2 Å². The average Bonchev–Trinajstić information content (AvgIpc) is 3.01. The number of methoxy groups -OCH3 is 2. The summed E-state index contributed by atoms with van der Waals surface area (Å²) in [5, 5.41) is 26.7. The second kappa shape index (κ2) is 13.8. The van der Waals surface area contributed by atoms with Crippen LogP contribution < -0.4 is 24.8 Å². The molecule has 0 saturated carbocycles. The molecule has 11 nitrogen and oxygen atoms in total. The first-order valence-electron chi connectivity index (χ1n) is 13.1. The third-order valence-corrected chi connectivity index (χ3v) is 6.99. The summed E-state index contributed by atoms with van der Waals surface area (Å²) in [7, 11) is 2.87. The van der Waals surface area contributed by atoms with Gasteiger partial charge in [0.2, 0.25) is 5.91 Å². The number of hydrogen-bond donors (Lipinski definition) is 4. The van der Waals surface area contributed by atoms with E-state index >= 15 is 0 Å². The fourth-order valence-electron chi connectivity index (χ4n) is 4.49. The number of aromatic nitrogens is 1. The van der Waals surface area contributed by atoms with Gasteiger partial charge >= 0.3 is 0 Å². The van der Waals surface area contributed by atoms with Crippen molar-refractivity contribution in [2.75, 3.05) is 60.2 Å². The van der Waals surface area contributed by atoms with Gasteiger partial charge in [0, 0.05) is 24.2 Å². The van der Waals surface area contributed by atoms with E-state index < -0.39 is 17.3 Å². The largest absolute Gasteiger partial charge is 0.494 e. The van der Waals surface area contributed by atoms with Crippen LogP contribution in [0.2, 0.25) is 5.02 Å². The third kappa shape index (κ3) is 7.08. The minimum Gasteiger partial charge on any atom is -0.494 e. The monoisotopic (exact) mass is 602 g/mol. The summed E-state index contributed by atoms with van der Waals surface area (Å²) < 4.78 is 30.1. The molecule has 1 aromatic heterocycles. The molecule has 1 fully saturated rings. The number of benzene rings is 2. The Hall–Kier alpha value is -3.97. The van der Waals surface area contributed by atoms with E-state index in [2.05, 4.69) is 15.6 Å². The number of carbonyl (C=O) groups excluding carboxylic acids is 2. The Bertz CT molecular complexity index is 1440. The Labute approximate surface area is 247 Å². The highest BCUT2D eigenvalue weighted by Gasteiger charge is 2.37.